The lowest BCUT2D eigenvalue weighted by Gasteiger charge is -2.27. The first-order valence-corrected chi connectivity index (χ1v) is 7.06. The summed E-state index contributed by atoms with van der Waals surface area (Å²) >= 11 is 4.07. The van der Waals surface area contributed by atoms with Gasteiger partial charge in [0, 0.05) is 28.6 Å². The van der Waals surface area contributed by atoms with Gasteiger partial charge in [0.15, 0.2) is 0 Å². The smallest absolute Gasteiger partial charge is 0.0292 e. The zero-order valence-corrected chi connectivity index (χ0v) is 9.92. The third-order valence-electron chi connectivity index (χ3n) is 2.34. The topological polar surface area (TPSA) is 26.0 Å². The van der Waals surface area contributed by atoms with Gasteiger partial charge < -0.3 is 5.73 Å². The van der Waals surface area contributed by atoms with Gasteiger partial charge in [0.1, 0.15) is 0 Å². The molecule has 0 aliphatic carbocycles. The summed E-state index contributed by atoms with van der Waals surface area (Å²) in [5, 5.41) is 0.655. The quantitative estimate of drug-likeness (QED) is 0.733. The number of rotatable bonds is 4. The molecule has 1 rings (SSSR count). The van der Waals surface area contributed by atoms with Gasteiger partial charge in [-0.05, 0) is 12.8 Å². The van der Waals surface area contributed by atoms with Gasteiger partial charge in [-0.25, -0.2) is 0 Å². The molecule has 2 N–H and O–H groups in total. The average molecular weight is 217 g/mol. The summed E-state index contributed by atoms with van der Waals surface area (Å²) in [7, 11) is 0. The molecular formula is C10H19NS2. The highest BCUT2D eigenvalue weighted by Crippen LogP contribution is 2.27. The van der Waals surface area contributed by atoms with Crippen LogP contribution in [0, 0.1) is 0 Å². The molecule has 1 aliphatic rings. The predicted octanol–water partition coefficient (Wildman–Crippen LogP) is 2.52. The lowest BCUT2D eigenvalue weighted by Crippen LogP contribution is -2.36. The van der Waals surface area contributed by atoms with Crippen molar-refractivity contribution in [2.24, 2.45) is 5.73 Å². The minimum absolute atomic E-state index is 0.324. The van der Waals surface area contributed by atoms with Crippen LogP contribution in [-0.2, 0) is 0 Å². The number of hydrogen-bond acceptors (Lipinski definition) is 3. The van der Waals surface area contributed by atoms with Crippen LogP contribution in [0.4, 0.5) is 0 Å². The van der Waals surface area contributed by atoms with Gasteiger partial charge in [-0.3, -0.25) is 0 Å². The van der Waals surface area contributed by atoms with Crippen molar-refractivity contribution in [3.05, 3.63) is 12.2 Å². The van der Waals surface area contributed by atoms with Crippen LogP contribution in [-0.4, -0.2) is 28.6 Å². The fraction of sp³-hybridized carbons (Fsp3) is 0.800. The van der Waals surface area contributed by atoms with E-state index >= 15 is 0 Å². The van der Waals surface area contributed by atoms with Crippen LogP contribution < -0.4 is 5.73 Å². The van der Waals surface area contributed by atoms with Crippen LogP contribution in [0.1, 0.15) is 19.8 Å². The average Bonchev–Trinajstić information content (AvgIpc) is 2.19. The monoisotopic (exact) mass is 217 g/mol. The minimum atomic E-state index is 0.324. The summed E-state index contributed by atoms with van der Waals surface area (Å²) in [5.74, 6) is 3.78. The van der Waals surface area contributed by atoms with Gasteiger partial charge in [0.2, 0.25) is 0 Å². The standard InChI is InChI=1S/C10H19NS2/c1-3-8(2)6-9(11)10-7-12-4-5-13-10/h9-10H,2-7,11H2,1H3. The first-order valence-electron chi connectivity index (χ1n) is 4.85. The van der Waals surface area contributed by atoms with Crippen LogP contribution in [0.15, 0.2) is 12.2 Å². The van der Waals surface area contributed by atoms with E-state index < -0.39 is 0 Å². The lowest BCUT2D eigenvalue weighted by atomic mass is 10.0. The van der Waals surface area contributed by atoms with Crippen molar-refractivity contribution in [1.29, 1.82) is 0 Å². The Kier molecular flexibility index (Phi) is 5.29. The van der Waals surface area contributed by atoms with Crippen molar-refractivity contribution in [2.45, 2.75) is 31.1 Å². The van der Waals surface area contributed by atoms with Crippen LogP contribution in [0.25, 0.3) is 0 Å². The van der Waals surface area contributed by atoms with Crippen LogP contribution in [0.2, 0.25) is 0 Å². The van der Waals surface area contributed by atoms with Gasteiger partial charge in [-0.2, -0.15) is 23.5 Å². The maximum atomic E-state index is 6.13. The molecular weight excluding hydrogens is 198 g/mol. The van der Waals surface area contributed by atoms with Crippen molar-refractivity contribution < 1.29 is 0 Å². The molecule has 13 heavy (non-hydrogen) atoms. The van der Waals surface area contributed by atoms with E-state index in [4.69, 9.17) is 5.73 Å². The second-order valence-electron chi connectivity index (χ2n) is 3.46. The molecule has 2 unspecified atom stereocenters. The van der Waals surface area contributed by atoms with E-state index in [1.165, 1.54) is 22.8 Å². The molecule has 76 valence electrons. The Morgan fingerprint density at radius 2 is 2.38 bits per heavy atom. The Balaban J connectivity index is 2.28. The van der Waals surface area contributed by atoms with E-state index in [2.05, 4.69) is 13.5 Å². The Morgan fingerprint density at radius 3 is 2.92 bits per heavy atom. The van der Waals surface area contributed by atoms with E-state index in [0.29, 0.717) is 11.3 Å². The SMILES string of the molecule is C=C(CC)CC(N)C1CSCCS1. The lowest BCUT2D eigenvalue weighted by molar-refractivity contribution is 0.650. The third-order valence-corrected chi connectivity index (χ3v) is 5.28. The summed E-state index contributed by atoms with van der Waals surface area (Å²) in [6.45, 7) is 6.16. The number of hydrogen-bond donors (Lipinski definition) is 1. The van der Waals surface area contributed by atoms with Gasteiger partial charge in [0.05, 0.1) is 0 Å². The van der Waals surface area contributed by atoms with Crippen molar-refractivity contribution in [3.8, 4) is 0 Å². The highest BCUT2D eigenvalue weighted by atomic mass is 32.2. The first-order chi connectivity index (χ1) is 6.24. The Labute approximate surface area is 89.9 Å². The van der Waals surface area contributed by atoms with E-state index in [0.717, 1.165) is 12.8 Å². The molecule has 2 atom stereocenters. The minimum Gasteiger partial charge on any atom is -0.326 e. The molecule has 1 aliphatic heterocycles. The van der Waals surface area contributed by atoms with E-state index in [1.54, 1.807) is 0 Å². The molecule has 1 saturated heterocycles. The first kappa shape index (κ1) is 11.5. The summed E-state index contributed by atoms with van der Waals surface area (Å²) in [6, 6.07) is 0.324. The van der Waals surface area contributed by atoms with Crippen LogP contribution in [0.3, 0.4) is 0 Å². The Morgan fingerprint density at radius 1 is 1.62 bits per heavy atom. The van der Waals surface area contributed by atoms with E-state index in [9.17, 15) is 0 Å². The number of thioether (sulfide) groups is 2. The van der Waals surface area contributed by atoms with E-state index in [-0.39, 0.29) is 0 Å². The third kappa shape index (κ3) is 3.96. The second kappa shape index (κ2) is 5.99. The van der Waals surface area contributed by atoms with Crippen molar-refractivity contribution >= 4 is 23.5 Å². The summed E-state index contributed by atoms with van der Waals surface area (Å²) < 4.78 is 0. The van der Waals surface area contributed by atoms with Crippen LogP contribution >= 0.6 is 23.5 Å². The van der Waals surface area contributed by atoms with Gasteiger partial charge in [-0.15, -0.1) is 0 Å². The normalized spacial score (nSPS) is 25.5. The zero-order chi connectivity index (χ0) is 9.68. The molecule has 0 amide bonds. The van der Waals surface area contributed by atoms with Gasteiger partial charge in [-0.1, -0.05) is 19.1 Å². The van der Waals surface area contributed by atoms with Crippen molar-refractivity contribution in [1.82, 2.24) is 0 Å². The fourth-order valence-corrected chi connectivity index (χ4v) is 4.18. The molecule has 0 bridgehead atoms. The van der Waals surface area contributed by atoms with Crippen molar-refractivity contribution in [2.75, 3.05) is 17.3 Å². The molecule has 3 heteroatoms. The fourth-order valence-electron chi connectivity index (χ4n) is 1.36. The highest BCUT2D eigenvalue weighted by Gasteiger charge is 2.21. The predicted molar refractivity (Wildman–Crippen MR) is 65.6 cm³/mol. The Bertz CT molecular complexity index is 164. The molecule has 0 aromatic rings. The summed E-state index contributed by atoms with van der Waals surface area (Å²) in [6.07, 6.45) is 2.08. The van der Waals surface area contributed by atoms with Gasteiger partial charge >= 0.3 is 0 Å². The second-order valence-corrected chi connectivity index (χ2v) is 5.95. The molecule has 0 saturated carbocycles. The van der Waals surface area contributed by atoms with Gasteiger partial charge in [0.25, 0.3) is 0 Å². The van der Waals surface area contributed by atoms with Crippen LogP contribution in [0.5, 0.6) is 0 Å². The maximum absolute atomic E-state index is 6.13. The zero-order valence-electron chi connectivity index (χ0n) is 8.29. The van der Waals surface area contributed by atoms with E-state index in [1.807, 2.05) is 23.5 Å². The number of nitrogens with two attached hydrogens (primary N) is 1. The molecule has 0 radical (unpaired) electrons. The molecule has 1 heterocycles. The Hall–Kier alpha value is 0.400. The molecule has 0 aromatic carbocycles. The molecule has 0 spiro atoms. The summed E-state index contributed by atoms with van der Waals surface area (Å²) in [5.41, 5.74) is 7.42. The molecule has 1 fully saturated rings. The van der Waals surface area contributed by atoms with Crippen molar-refractivity contribution in [3.63, 3.8) is 0 Å². The highest BCUT2D eigenvalue weighted by molar-refractivity contribution is 8.06. The molecule has 0 aromatic heterocycles. The molecule has 1 nitrogen and oxygen atoms in total. The largest absolute Gasteiger partial charge is 0.326 e. The summed E-state index contributed by atoms with van der Waals surface area (Å²) in [4.78, 5) is 0. The maximum Gasteiger partial charge on any atom is 0.0292 e.